The minimum absolute atomic E-state index is 0.315. The van der Waals surface area contributed by atoms with Crippen LogP contribution in [-0.2, 0) is 9.84 Å². The molecule has 1 N–H and O–H groups in total. The molecule has 0 aliphatic carbocycles. The first-order valence-corrected chi connectivity index (χ1v) is 10.5. The van der Waals surface area contributed by atoms with Gasteiger partial charge in [0.1, 0.15) is 5.25 Å². The summed E-state index contributed by atoms with van der Waals surface area (Å²) in [5.74, 6) is 0. The van der Waals surface area contributed by atoms with Crippen LogP contribution in [0.2, 0.25) is 0 Å². The summed E-state index contributed by atoms with van der Waals surface area (Å²) in [6.07, 6.45) is 1.80. The highest BCUT2D eigenvalue weighted by atomic mass is 79.9. The van der Waals surface area contributed by atoms with Gasteiger partial charge in [0.05, 0.1) is 4.90 Å². The molecule has 3 nitrogen and oxygen atoms in total. The van der Waals surface area contributed by atoms with Gasteiger partial charge in [-0.1, -0.05) is 70.5 Å². The maximum absolute atomic E-state index is 13.6. The quantitative estimate of drug-likeness (QED) is 0.469. The molecule has 0 radical (unpaired) electrons. The predicted octanol–water partition coefficient (Wildman–Crippen LogP) is 5.49. The Bertz CT molecular complexity index is 1150. The second-order valence-electron chi connectivity index (χ2n) is 6.06. The number of aromatic nitrogens is 1. The van der Waals surface area contributed by atoms with Crippen LogP contribution in [0.4, 0.5) is 0 Å². The van der Waals surface area contributed by atoms with Crippen molar-refractivity contribution < 1.29 is 8.42 Å². The number of sulfone groups is 1. The Morgan fingerprint density at radius 2 is 1.46 bits per heavy atom. The van der Waals surface area contributed by atoms with Crippen molar-refractivity contribution in [3.63, 3.8) is 0 Å². The number of H-pyrrole nitrogens is 1. The molecule has 3 aromatic carbocycles. The molecule has 0 spiro atoms. The number of halogens is 1. The fourth-order valence-corrected chi connectivity index (χ4v) is 5.71. The summed E-state index contributed by atoms with van der Waals surface area (Å²) in [6, 6.07) is 23.8. The van der Waals surface area contributed by atoms with Gasteiger partial charge in [0, 0.05) is 27.1 Å². The van der Waals surface area contributed by atoms with E-state index in [1.165, 1.54) is 0 Å². The van der Waals surface area contributed by atoms with Crippen molar-refractivity contribution in [3.8, 4) is 0 Å². The molecular weight excluding hydrogens is 410 g/mol. The number of rotatable bonds is 4. The Morgan fingerprint density at radius 1 is 0.808 bits per heavy atom. The van der Waals surface area contributed by atoms with Crippen LogP contribution in [0.15, 0.2) is 94.4 Å². The summed E-state index contributed by atoms with van der Waals surface area (Å²) >= 11 is 3.58. The molecular formula is C21H16BrNO2S. The van der Waals surface area contributed by atoms with Crippen LogP contribution in [0, 0.1) is 0 Å². The zero-order chi connectivity index (χ0) is 18.1. The topological polar surface area (TPSA) is 49.9 Å². The van der Waals surface area contributed by atoms with E-state index in [9.17, 15) is 8.42 Å². The van der Waals surface area contributed by atoms with Crippen LogP contribution in [0.5, 0.6) is 0 Å². The molecule has 4 aromatic rings. The van der Waals surface area contributed by atoms with Crippen LogP contribution in [0.25, 0.3) is 10.9 Å². The molecule has 1 heterocycles. The summed E-state index contributed by atoms with van der Waals surface area (Å²) in [6.45, 7) is 0. The minimum atomic E-state index is -3.63. The lowest BCUT2D eigenvalue weighted by Gasteiger charge is -2.18. The number of aromatic amines is 1. The zero-order valence-electron chi connectivity index (χ0n) is 13.8. The third-order valence-electron chi connectivity index (χ3n) is 4.45. The van der Waals surface area contributed by atoms with Gasteiger partial charge in [-0.3, -0.25) is 0 Å². The Hall–Kier alpha value is -2.37. The molecule has 130 valence electrons. The summed E-state index contributed by atoms with van der Waals surface area (Å²) in [5.41, 5.74) is 2.38. The third-order valence-corrected chi connectivity index (χ3v) is 7.19. The van der Waals surface area contributed by atoms with Gasteiger partial charge in [-0.2, -0.15) is 0 Å². The van der Waals surface area contributed by atoms with Gasteiger partial charge in [0.15, 0.2) is 9.84 Å². The van der Waals surface area contributed by atoms with Gasteiger partial charge >= 0.3 is 0 Å². The van der Waals surface area contributed by atoms with Crippen molar-refractivity contribution in [1.82, 2.24) is 4.98 Å². The lowest BCUT2D eigenvalue weighted by Crippen LogP contribution is -2.15. The molecule has 0 saturated heterocycles. The first-order chi connectivity index (χ1) is 12.6. The molecule has 1 aromatic heterocycles. The fourth-order valence-electron chi connectivity index (χ4n) is 3.27. The van der Waals surface area contributed by atoms with Crippen molar-refractivity contribution in [3.05, 3.63) is 101 Å². The molecule has 0 saturated carbocycles. The number of hydrogen-bond acceptors (Lipinski definition) is 2. The maximum atomic E-state index is 13.6. The molecule has 1 unspecified atom stereocenters. The average Bonchev–Trinajstić information content (AvgIpc) is 3.08. The smallest absolute Gasteiger partial charge is 0.189 e. The van der Waals surface area contributed by atoms with Crippen LogP contribution >= 0.6 is 15.9 Å². The van der Waals surface area contributed by atoms with E-state index in [2.05, 4.69) is 20.9 Å². The molecule has 0 amide bonds. The Kier molecular flexibility index (Phi) is 4.42. The van der Waals surface area contributed by atoms with E-state index in [-0.39, 0.29) is 0 Å². The van der Waals surface area contributed by atoms with Crippen LogP contribution in [0.3, 0.4) is 0 Å². The lowest BCUT2D eigenvalue weighted by atomic mass is 10.0. The van der Waals surface area contributed by atoms with Crippen LogP contribution < -0.4 is 0 Å². The van der Waals surface area contributed by atoms with E-state index < -0.39 is 15.1 Å². The normalized spacial score (nSPS) is 13.0. The lowest BCUT2D eigenvalue weighted by molar-refractivity contribution is 0.589. The number of fused-ring (bicyclic) bond motifs is 1. The largest absolute Gasteiger partial charge is 0.361 e. The van der Waals surface area contributed by atoms with Gasteiger partial charge in [-0.05, 0) is 29.8 Å². The van der Waals surface area contributed by atoms with Crippen molar-refractivity contribution in [1.29, 1.82) is 0 Å². The molecule has 1 atom stereocenters. The highest BCUT2D eigenvalue weighted by Crippen LogP contribution is 2.40. The van der Waals surface area contributed by atoms with Crippen LogP contribution in [-0.4, -0.2) is 13.4 Å². The Balaban J connectivity index is 2.01. The SMILES string of the molecule is O=S(=O)(c1ccccc1)C(c1ccccc1)c1c[nH]c2cccc(Br)c12. The van der Waals surface area contributed by atoms with Gasteiger partial charge < -0.3 is 4.98 Å². The molecule has 5 heteroatoms. The highest BCUT2D eigenvalue weighted by Gasteiger charge is 2.33. The van der Waals surface area contributed by atoms with E-state index in [0.29, 0.717) is 4.90 Å². The van der Waals surface area contributed by atoms with Crippen molar-refractivity contribution in [2.24, 2.45) is 0 Å². The van der Waals surface area contributed by atoms with E-state index in [0.717, 1.165) is 26.5 Å². The number of nitrogens with one attached hydrogen (secondary N) is 1. The predicted molar refractivity (Wildman–Crippen MR) is 108 cm³/mol. The summed E-state index contributed by atoms with van der Waals surface area (Å²) in [4.78, 5) is 3.52. The second kappa shape index (κ2) is 6.74. The highest BCUT2D eigenvalue weighted by molar-refractivity contribution is 9.10. The van der Waals surface area contributed by atoms with E-state index in [1.54, 1.807) is 30.5 Å². The van der Waals surface area contributed by atoms with Gasteiger partial charge in [-0.25, -0.2) is 8.42 Å². The van der Waals surface area contributed by atoms with Gasteiger partial charge in [0.25, 0.3) is 0 Å². The fraction of sp³-hybridized carbons (Fsp3) is 0.0476. The average molecular weight is 426 g/mol. The summed E-state index contributed by atoms with van der Waals surface area (Å²) in [7, 11) is -3.63. The minimum Gasteiger partial charge on any atom is -0.361 e. The molecule has 0 aliphatic rings. The van der Waals surface area contributed by atoms with E-state index >= 15 is 0 Å². The van der Waals surface area contributed by atoms with E-state index in [4.69, 9.17) is 0 Å². The zero-order valence-corrected chi connectivity index (χ0v) is 16.2. The molecule has 26 heavy (non-hydrogen) atoms. The molecule has 4 rings (SSSR count). The van der Waals surface area contributed by atoms with Crippen LogP contribution in [0.1, 0.15) is 16.4 Å². The van der Waals surface area contributed by atoms with Crippen molar-refractivity contribution >= 4 is 36.7 Å². The first-order valence-electron chi connectivity index (χ1n) is 8.18. The molecule has 0 aliphatic heterocycles. The van der Waals surface area contributed by atoms with Crippen molar-refractivity contribution in [2.45, 2.75) is 10.1 Å². The summed E-state index contributed by atoms with van der Waals surface area (Å²) in [5, 5.41) is 0.0967. The number of hydrogen-bond donors (Lipinski definition) is 1. The number of benzene rings is 3. The monoisotopic (exact) mass is 425 g/mol. The molecule has 0 bridgehead atoms. The standard InChI is InChI=1S/C21H16BrNO2S/c22-18-12-7-13-19-20(18)17(14-23-19)21(15-8-3-1-4-9-15)26(24,25)16-10-5-2-6-11-16/h1-14,21,23H. The second-order valence-corrected chi connectivity index (χ2v) is 8.94. The Morgan fingerprint density at radius 3 is 2.15 bits per heavy atom. The van der Waals surface area contributed by atoms with Gasteiger partial charge in [0.2, 0.25) is 0 Å². The Labute approximate surface area is 160 Å². The first kappa shape index (κ1) is 17.1. The maximum Gasteiger partial charge on any atom is 0.189 e. The third kappa shape index (κ3) is 2.87. The van der Waals surface area contributed by atoms with Crippen molar-refractivity contribution in [2.75, 3.05) is 0 Å². The summed E-state index contributed by atoms with van der Waals surface area (Å²) < 4.78 is 28.0. The van der Waals surface area contributed by atoms with Gasteiger partial charge in [-0.15, -0.1) is 0 Å². The van der Waals surface area contributed by atoms with E-state index in [1.807, 2.05) is 54.6 Å². The molecule has 0 fully saturated rings.